The average molecular weight is 676 g/mol. The fourth-order valence-electron chi connectivity index (χ4n) is 5.97. The zero-order chi connectivity index (χ0) is 35.3. The van der Waals surface area contributed by atoms with E-state index in [0.717, 1.165) is 29.7 Å². The molecule has 3 aromatic rings. The first kappa shape index (κ1) is 34.4. The Balaban J connectivity index is 1.08. The summed E-state index contributed by atoms with van der Waals surface area (Å²) in [5, 5.41) is 8.33. The Labute approximate surface area is 292 Å². The van der Waals surface area contributed by atoms with Gasteiger partial charge in [-0.25, -0.2) is 9.37 Å². The molecule has 3 aliphatic rings. The maximum Gasteiger partial charge on any atom is 0.310 e. The van der Waals surface area contributed by atoms with Crippen LogP contribution in [0.4, 0.5) is 4.39 Å². The van der Waals surface area contributed by atoms with Crippen LogP contribution in [0, 0.1) is 17.7 Å². The molecule has 1 aromatic heterocycles. The lowest BCUT2D eigenvalue weighted by molar-refractivity contribution is -0.139. The van der Waals surface area contributed by atoms with Crippen LogP contribution in [-0.2, 0) is 21.7 Å². The van der Waals surface area contributed by atoms with Gasteiger partial charge in [0.2, 0.25) is 0 Å². The normalized spacial score (nSPS) is 16.7. The third kappa shape index (κ3) is 8.58. The molecule has 2 aliphatic carbocycles. The number of pyridine rings is 1. The fourth-order valence-corrected chi connectivity index (χ4v) is 5.97. The lowest BCUT2D eigenvalue weighted by Gasteiger charge is -2.21. The Hall–Kier alpha value is -5.43. The topological polar surface area (TPSA) is 113 Å². The van der Waals surface area contributed by atoms with Gasteiger partial charge in [-0.1, -0.05) is 36.3 Å². The van der Waals surface area contributed by atoms with E-state index in [1.165, 1.54) is 18.9 Å². The summed E-state index contributed by atoms with van der Waals surface area (Å²) in [4.78, 5) is 45.7. The van der Waals surface area contributed by atoms with Crippen LogP contribution in [-0.4, -0.2) is 52.3 Å². The number of amides is 3. The molecule has 0 radical (unpaired) electrons. The highest BCUT2D eigenvalue weighted by atomic mass is 19.1. The van der Waals surface area contributed by atoms with Gasteiger partial charge in [0.25, 0.3) is 5.91 Å². The standard InChI is InChI=1S/C40H42FN5O4/c1-26(2)50-36-12-8-19-42-35(36)16-13-27(3)44-39(49)38(48)43-24-28-9-4-5-11-34(28)37(47)45-40(17-18-40)31-21-30(22-32(41)23-31)29-10-6-7-20-46(25-29)33-14-15-33/h4-6,8-12,19,21-23,25-27,33H,7,14-15,17-18,20,24H2,1-3H3,(H,43,48)(H,44,49)(H,45,47)/t27-/m0/s1. The molecule has 2 heterocycles. The molecular formula is C40H42FN5O4. The number of rotatable bonds is 10. The molecular weight excluding hydrogens is 633 g/mol. The van der Waals surface area contributed by atoms with Crippen molar-refractivity contribution < 1.29 is 23.5 Å². The lowest BCUT2D eigenvalue weighted by atomic mass is 9.97. The van der Waals surface area contributed by atoms with Crippen molar-refractivity contribution in [3.63, 3.8) is 0 Å². The molecule has 0 bridgehead atoms. The fraction of sp³-hybridized carbons (Fsp3) is 0.350. The minimum absolute atomic E-state index is 0.0468. The molecule has 9 nitrogen and oxygen atoms in total. The number of nitrogens with zero attached hydrogens (tertiary/aromatic N) is 2. The number of halogens is 1. The Morgan fingerprint density at radius 1 is 1.06 bits per heavy atom. The molecule has 1 atom stereocenters. The van der Waals surface area contributed by atoms with Gasteiger partial charge in [-0.2, -0.15) is 0 Å². The Kier molecular flexibility index (Phi) is 10.3. The first-order valence-electron chi connectivity index (χ1n) is 17.2. The van der Waals surface area contributed by atoms with Gasteiger partial charge in [-0.3, -0.25) is 14.4 Å². The van der Waals surface area contributed by atoms with Crippen molar-refractivity contribution in [2.75, 3.05) is 6.54 Å². The van der Waals surface area contributed by atoms with Crippen LogP contribution in [0.25, 0.3) is 5.57 Å². The van der Waals surface area contributed by atoms with Crippen molar-refractivity contribution in [2.45, 2.75) is 83.1 Å². The number of carbonyl (C=O) groups is 3. The number of hydrogen-bond acceptors (Lipinski definition) is 6. The summed E-state index contributed by atoms with van der Waals surface area (Å²) in [5.74, 6) is 3.92. The molecule has 2 fully saturated rings. The van der Waals surface area contributed by atoms with Crippen LogP contribution < -0.4 is 20.7 Å². The number of carbonyl (C=O) groups excluding carboxylic acids is 3. The molecule has 0 saturated heterocycles. The lowest BCUT2D eigenvalue weighted by Crippen LogP contribution is -2.43. The number of hydrogen-bond donors (Lipinski definition) is 3. The minimum Gasteiger partial charge on any atom is -0.488 e. The Bertz CT molecular complexity index is 1900. The quantitative estimate of drug-likeness (QED) is 0.197. The number of ether oxygens (including phenoxy) is 1. The Morgan fingerprint density at radius 2 is 1.86 bits per heavy atom. The molecule has 6 rings (SSSR count). The van der Waals surface area contributed by atoms with E-state index in [9.17, 15) is 14.4 Å². The SMILES string of the molecule is CC(C)Oc1cccnc1C#C[C@H](C)NC(=O)C(=O)NCc1ccccc1C(=O)NC1(c2cc(F)cc(C3=CN(C4CC4)CCC=C3)c2)CC1. The Morgan fingerprint density at radius 3 is 2.62 bits per heavy atom. The molecule has 2 saturated carbocycles. The second-order valence-electron chi connectivity index (χ2n) is 13.3. The molecule has 1 aliphatic heterocycles. The molecule has 3 N–H and O–H groups in total. The second kappa shape index (κ2) is 15.0. The summed E-state index contributed by atoms with van der Waals surface area (Å²) in [6.07, 6.45) is 12.5. The van der Waals surface area contributed by atoms with Gasteiger partial charge in [0, 0.05) is 37.1 Å². The number of benzene rings is 2. The van der Waals surface area contributed by atoms with Crippen LogP contribution in [0.1, 0.15) is 85.6 Å². The number of aromatic nitrogens is 1. The van der Waals surface area contributed by atoms with Gasteiger partial charge in [-0.15, -0.1) is 0 Å². The predicted molar refractivity (Wildman–Crippen MR) is 189 cm³/mol. The van der Waals surface area contributed by atoms with Crippen LogP contribution in [0.15, 0.2) is 79.1 Å². The van der Waals surface area contributed by atoms with Gasteiger partial charge >= 0.3 is 11.8 Å². The summed E-state index contributed by atoms with van der Waals surface area (Å²) in [6, 6.07) is 15.4. The molecule has 0 spiro atoms. The summed E-state index contributed by atoms with van der Waals surface area (Å²) in [7, 11) is 0. The van der Waals surface area contributed by atoms with Crippen molar-refractivity contribution in [3.8, 4) is 17.6 Å². The van der Waals surface area contributed by atoms with Crippen molar-refractivity contribution in [1.29, 1.82) is 0 Å². The first-order chi connectivity index (χ1) is 24.1. The van der Waals surface area contributed by atoms with Crippen molar-refractivity contribution in [1.82, 2.24) is 25.8 Å². The van der Waals surface area contributed by atoms with E-state index in [0.29, 0.717) is 41.5 Å². The zero-order valence-corrected chi connectivity index (χ0v) is 28.6. The monoisotopic (exact) mass is 675 g/mol. The van der Waals surface area contributed by atoms with Gasteiger partial charge in [0.05, 0.1) is 17.7 Å². The van der Waals surface area contributed by atoms with E-state index in [2.05, 4.69) is 56.0 Å². The maximum absolute atomic E-state index is 15.1. The van der Waals surface area contributed by atoms with Crippen LogP contribution in [0.3, 0.4) is 0 Å². The smallest absolute Gasteiger partial charge is 0.310 e. The van der Waals surface area contributed by atoms with Crippen LogP contribution in [0.5, 0.6) is 5.75 Å². The van der Waals surface area contributed by atoms with Gasteiger partial charge < -0.3 is 25.6 Å². The average Bonchev–Trinajstić information content (AvgIpc) is 4.01. The van der Waals surface area contributed by atoms with Crippen molar-refractivity contribution in [2.24, 2.45) is 0 Å². The van der Waals surface area contributed by atoms with Gasteiger partial charge in [0.1, 0.15) is 5.82 Å². The van der Waals surface area contributed by atoms with Gasteiger partial charge in [0.15, 0.2) is 11.4 Å². The minimum atomic E-state index is -0.858. The molecule has 50 heavy (non-hydrogen) atoms. The number of allylic oxidation sites excluding steroid dienone is 2. The molecule has 10 heteroatoms. The molecule has 3 amide bonds. The summed E-state index contributed by atoms with van der Waals surface area (Å²) in [5.41, 5.74) is 3.11. The number of nitrogens with one attached hydrogen (secondary N) is 3. The highest BCUT2D eigenvalue weighted by Gasteiger charge is 2.46. The highest BCUT2D eigenvalue weighted by molar-refractivity contribution is 6.35. The second-order valence-corrected chi connectivity index (χ2v) is 13.3. The van der Waals surface area contributed by atoms with E-state index in [1.54, 1.807) is 55.6 Å². The summed E-state index contributed by atoms with van der Waals surface area (Å²) < 4.78 is 20.8. The predicted octanol–water partition coefficient (Wildman–Crippen LogP) is 5.36. The van der Waals surface area contributed by atoms with E-state index < -0.39 is 23.4 Å². The molecule has 258 valence electrons. The first-order valence-corrected chi connectivity index (χ1v) is 17.2. The summed E-state index contributed by atoms with van der Waals surface area (Å²) >= 11 is 0. The third-order valence-corrected chi connectivity index (χ3v) is 8.85. The third-order valence-electron chi connectivity index (χ3n) is 8.85. The summed E-state index contributed by atoms with van der Waals surface area (Å²) in [6.45, 7) is 6.37. The van der Waals surface area contributed by atoms with E-state index in [1.807, 2.05) is 19.9 Å². The largest absolute Gasteiger partial charge is 0.488 e. The van der Waals surface area contributed by atoms with Crippen LogP contribution >= 0.6 is 0 Å². The van der Waals surface area contributed by atoms with E-state index in [-0.39, 0.29) is 24.4 Å². The molecule has 2 aromatic carbocycles. The maximum atomic E-state index is 15.1. The van der Waals surface area contributed by atoms with Gasteiger partial charge in [-0.05, 0) is 117 Å². The highest BCUT2D eigenvalue weighted by Crippen LogP contribution is 2.47. The molecule has 0 unspecified atom stereocenters. The van der Waals surface area contributed by atoms with Crippen molar-refractivity contribution >= 4 is 23.3 Å². The van der Waals surface area contributed by atoms with E-state index in [4.69, 9.17) is 4.74 Å². The van der Waals surface area contributed by atoms with Crippen LogP contribution in [0.2, 0.25) is 0 Å². The van der Waals surface area contributed by atoms with Crippen molar-refractivity contribution in [3.05, 3.63) is 113 Å². The zero-order valence-electron chi connectivity index (χ0n) is 28.6. The van der Waals surface area contributed by atoms with E-state index >= 15 is 4.39 Å².